The third-order valence-electron chi connectivity index (χ3n) is 4.27. The van der Waals surface area contributed by atoms with Gasteiger partial charge in [-0.25, -0.2) is 8.42 Å². The van der Waals surface area contributed by atoms with E-state index in [1.54, 1.807) is 13.1 Å². The highest BCUT2D eigenvalue weighted by Gasteiger charge is 2.11. The molecule has 0 aliphatic rings. The molecular formula is C20H28IN3O2S. The topological polar surface area (TPSA) is 70.6 Å². The van der Waals surface area contributed by atoms with Crippen LogP contribution in [0.5, 0.6) is 0 Å². The summed E-state index contributed by atoms with van der Waals surface area (Å²) in [5.74, 6) is 0.725. The second kappa shape index (κ2) is 10.7. The lowest BCUT2D eigenvalue weighted by Crippen LogP contribution is -2.37. The van der Waals surface area contributed by atoms with E-state index in [0.717, 1.165) is 30.1 Å². The van der Waals surface area contributed by atoms with Crippen molar-refractivity contribution in [2.24, 2.45) is 4.99 Å². The Morgan fingerprint density at radius 3 is 2.33 bits per heavy atom. The average Bonchev–Trinajstić information content (AvgIpc) is 2.58. The van der Waals surface area contributed by atoms with Crippen LogP contribution in [0.2, 0.25) is 0 Å². The van der Waals surface area contributed by atoms with Gasteiger partial charge in [-0.2, -0.15) is 0 Å². The summed E-state index contributed by atoms with van der Waals surface area (Å²) in [5.41, 5.74) is 4.38. The standard InChI is InChI=1S/C20H27N3O2S.HI/c1-15-7-5-6-8-18(15)11-12-22-20(21-3)23-14-17-9-10-19(16(2)13-17)26(4,24)25;/h5-10,13H,11-12,14H2,1-4H3,(H2,21,22,23);1H. The Hall–Kier alpha value is -1.61. The fourth-order valence-corrected chi connectivity index (χ4v) is 3.81. The van der Waals surface area contributed by atoms with Gasteiger partial charge in [0, 0.05) is 26.4 Å². The molecule has 0 aromatic heterocycles. The highest BCUT2D eigenvalue weighted by Crippen LogP contribution is 2.16. The Balaban J connectivity index is 0.00000364. The monoisotopic (exact) mass is 501 g/mol. The highest BCUT2D eigenvalue weighted by molar-refractivity contribution is 14.0. The maximum Gasteiger partial charge on any atom is 0.191 e. The van der Waals surface area contributed by atoms with Crippen LogP contribution in [0.4, 0.5) is 0 Å². The zero-order valence-corrected chi connectivity index (χ0v) is 19.4. The first-order valence-corrected chi connectivity index (χ1v) is 10.5. The molecule has 2 N–H and O–H groups in total. The van der Waals surface area contributed by atoms with E-state index >= 15 is 0 Å². The van der Waals surface area contributed by atoms with Crippen molar-refractivity contribution in [3.8, 4) is 0 Å². The fourth-order valence-electron chi connectivity index (χ4n) is 2.85. The molecule has 2 rings (SSSR count). The molecule has 0 fully saturated rings. The van der Waals surface area contributed by atoms with E-state index in [-0.39, 0.29) is 24.0 Å². The van der Waals surface area contributed by atoms with Crippen molar-refractivity contribution in [1.29, 1.82) is 0 Å². The minimum absolute atomic E-state index is 0. The number of nitrogens with zero attached hydrogens (tertiary/aromatic N) is 1. The van der Waals surface area contributed by atoms with Gasteiger partial charge in [0.15, 0.2) is 15.8 Å². The van der Waals surface area contributed by atoms with Gasteiger partial charge in [-0.3, -0.25) is 4.99 Å². The summed E-state index contributed by atoms with van der Waals surface area (Å²) in [6, 6.07) is 13.7. The normalized spacial score (nSPS) is 11.6. The molecule has 5 nitrogen and oxygen atoms in total. The van der Waals surface area contributed by atoms with E-state index in [9.17, 15) is 8.42 Å². The van der Waals surface area contributed by atoms with Gasteiger partial charge in [0.1, 0.15) is 0 Å². The minimum Gasteiger partial charge on any atom is -0.356 e. The van der Waals surface area contributed by atoms with Crippen LogP contribution >= 0.6 is 24.0 Å². The van der Waals surface area contributed by atoms with Gasteiger partial charge in [0.05, 0.1) is 4.90 Å². The smallest absolute Gasteiger partial charge is 0.191 e. The second-order valence-corrected chi connectivity index (χ2v) is 8.39. The van der Waals surface area contributed by atoms with Crippen molar-refractivity contribution in [2.45, 2.75) is 31.7 Å². The summed E-state index contributed by atoms with van der Waals surface area (Å²) in [6.45, 7) is 5.30. The minimum atomic E-state index is -3.18. The predicted molar refractivity (Wildman–Crippen MR) is 123 cm³/mol. The summed E-state index contributed by atoms with van der Waals surface area (Å²) in [7, 11) is -1.45. The molecule has 2 aromatic rings. The maximum absolute atomic E-state index is 11.7. The van der Waals surface area contributed by atoms with Crippen molar-refractivity contribution in [3.63, 3.8) is 0 Å². The number of aryl methyl sites for hydroxylation is 2. The Labute approximate surface area is 179 Å². The summed E-state index contributed by atoms with van der Waals surface area (Å²) in [4.78, 5) is 4.61. The number of rotatable bonds is 6. The number of benzene rings is 2. The fraction of sp³-hybridized carbons (Fsp3) is 0.350. The van der Waals surface area contributed by atoms with Gasteiger partial charge in [-0.05, 0) is 48.6 Å². The number of hydrogen-bond donors (Lipinski definition) is 2. The van der Waals surface area contributed by atoms with E-state index in [2.05, 4.69) is 40.7 Å². The van der Waals surface area contributed by atoms with Crippen molar-refractivity contribution < 1.29 is 8.42 Å². The molecule has 0 radical (unpaired) electrons. The molecule has 27 heavy (non-hydrogen) atoms. The third kappa shape index (κ3) is 7.14. The molecule has 0 spiro atoms. The Morgan fingerprint density at radius 1 is 1.04 bits per heavy atom. The number of sulfone groups is 1. The number of halogens is 1. The van der Waals surface area contributed by atoms with Crippen molar-refractivity contribution in [2.75, 3.05) is 19.8 Å². The molecule has 0 saturated heterocycles. The Morgan fingerprint density at radius 2 is 1.74 bits per heavy atom. The largest absolute Gasteiger partial charge is 0.356 e. The molecule has 0 atom stereocenters. The molecule has 0 unspecified atom stereocenters. The molecule has 0 saturated carbocycles. The lowest BCUT2D eigenvalue weighted by atomic mass is 10.1. The van der Waals surface area contributed by atoms with Crippen LogP contribution in [0.1, 0.15) is 22.3 Å². The first kappa shape index (κ1) is 23.4. The molecule has 0 aliphatic heterocycles. The maximum atomic E-state index is 11.7. The highest BCUT2D eigenvalue weighted by atomic mass is 127. The van der Waals surface area contributed by atoms with Crippen LogP contribution in [0.15, 0.2) is 52.4 Å². The van der Waals surface area contributed by atoms with E-state index in [4.69, 9.17) is 0 Å². The third-order valence-corrected chi connectivity index (χ3v) is 5.53. The van der Waals surface area contributed by atoms with E-state index < -0.39 is 9.84 Å². The Bertz CT molecular complexity index is 896. The summed E-state index contributed by atoms with van der Waals surface area (Å²) >= 11 is 0. The van der Waals surface area contributed by atoms with E-state index in [0.29, 0.717) is 11.4 Å². The van der Waals surface area contributed by atoms with Crippen molar-refractivity contribution >= 4 is 39.8 Å². The zero-order chi connectivity index (χ0) is 19.2. The summed E-state index contributed by atoms with van der Waals surface area (Å²) in [5, 5.41) is 6.57. The number of nitrogens with one attached hydrogen (secondary N) is 2. The molecule has 0 aliphatic carbocycles. The first-order valence-electron chi connectivity index (χ1n) is 8.60. The van der Waals surface area contributed by atoms with Crippen LogP contribution < -0.4 is 10.6 Å². The van der Waals surface area contributed by atoms with Crippen LogP contribution in [0.25, 0.3) is 0 Å². The van der Waals surface area contributed by atoms with Crippen molar-refractivity contribution in [1.82, 2.24) is 10.6 Å². The molecule has 0 amide bonds. The predicted octanol–water partition coefficient (Wildman–Crippen LogP) is 3.23. The number of aliphatic imine (C=N–C) groups is 1. The van der Waals surface area contributed by atoms with Gasteiger partial charge in [0.25, 0.3) is 0 Å². The molecule has 0 heterocycles. The van der Waals surface area contributed by atoms with Gasteiger partial charge in [-0.1, -0.05) is 36.4 Å². The molecule has 0 bridgehead atoms. The quantitative estimate of drug-likeness (QED) is 0.362. The lowest BCUT2D eigenvalue weighted by Gasteiger charge is -2.13. The summed E-state index contributed by atoms with van der Waals surface area (Å²) < 4.78 is 23.4. The molecule has 2 aromatic carbocycles. The van der Waals surface area contributed by atoms with Gasteiger partial charge < -0.3 is 10.6 Å². The molecule has 148 valence electrons. The lowest BCUT2D eigenvalue weighted by molar-refractivity contribution is 0.601. The summed E-state index contributed by atoms with van der Waals surface area (Å²) in [6.07, 6.45) is 2.16. The molecule has 7 heteroatoms. The first-order chi connectivity index (χ1) is 12.3. The molecular weight excluding hydrogens is 473 g/mol. The van der Waals surface area contributed by atoms with Crippen LogP contribution in [-0.2, 0) is 22.8 Å². The average molecular weight is 501 g/mol. The zero-order valence-electron chi connectivity index (χ0n) is 16.2. The Kier molecular flexibility index (Phi) is 9.25. The van der Waals surface area contributed by atoms with E-state index in [1.807, 2.05) is 25.1 Å². The SMILES string of the molecule is CN=C(NCCc1ccccc1C)NCc1ccc(S(C)(=O)=O)c(C)c1.I. The van der Waals surface area contributed by atoms with Gasteiger partial charge in [0.2, 0.25) is 0 Å². The van der Waals surface area contributed by atoms with Gasteiger partial charge >= 0.3 is 0 Å². The van der Waals surface area contributed by atoms with Crippen LogP contribution in [0, 0.1) is 13.8 Å². The van der Waals surface area contributed by atoms with Crippen LogP contribution in [0.3, 0.4) is 0 Å². The van der Waals surface area contributed by atoms with Crippen molar-refractivity contribution in [3.05, 3.63) is 64.7 Å². The van der Waals surface area contributed by atoms with Crippen LogP contribution in [-0.4, -0.2) is 34.2 Å². The van der Waals surface area contributed by atoms with Gasteiger partial charge in [-0.15, -0.1) is 24.0 Å². The second-order valence-electron chi connectivity index (χ2n) is 6.40. The van der Waals surface area contributed by atoms with E-state index in [1.165, 1.54) is 17.4 Å². The number of hydrogen-bond acceptors (Lipinski definition) is 3. The number of guanidine groups is 1.